The third-order valence-electron chi connectivity index (χ3n) is 3.98. The Hall–Kier alpha value is -3.55. The molecule has 3 rings (SSSR count). The molecule has 1 N–H and O–H groups in total. The standard InChI is InChI=1S/C20H20N2O6/c1-3-26-14-8-7-13(17(11-14)27-4-2)10-16-18(23)21-20(25)22(19(16)24)12-15-6-5-9-28-15/h5-11H,3-4,12H2,1-2H3,(H,21,23,25)/b16-10+. The van der Waals surface area contributed by atoms with Gasteiger partial charge in [-0.1, -0.05) is 0 Å². The van der Waals surface area contributed by atoms with Crippen molar-refractivity contribution in [3.63, 3.8) is 0 Å². The molecule has 0 bridgehead atoms. The van der Waals surface area contributed by atoms with E-state index in [4.69, 9.17) is 13.9 Å². The molecule has 2 aromatic rings. The first-order valence-electron chi connectivity index (χ1n) is 8.84. The summed E-state index contributed by atoms with van der Waals surface area (Å²) in [4.78, 5) is 38.1. The van der Waals surface area contributed by atoms with Gasteiger partial charge in [0.1, 0.15) is 22.8 Å². The van der Waals surface area contributed by atoms with Crippen LogP contribution in [0.3, 0.4) is 0 Å². The highest BCUT2D eigenvalue weighted by atomic mass is 16.5. The molecule has 8 heteroatoms. The molecule has 8 nitrogen and oxygen atoms in total. The molecule has 28 heavy (non-hydrogen) atoms. The third kappa shape index (κ3) is 4.06. The zero-order valence-electron chi connectivity index (χ0n) is 15.6. The maximum atomic E-state index is 12.8. The van der Waals surface area contributed by atoms with Crippen molar-refractivity contribution in [2.75, 3.05) is 13.2 Å². The molecule has 0 radical (unpaired) electrons. The van der Waals surface area contributed by atoms with Crippen LogP contribution in [0, 0.1) is 0 Å². The Bertz CT molecular complexity index is 917. The van der Waals surface area contributed by atoms with E-state index in [9.17, 15) is 14.4 Å². The Labute approximate surface area is 161 Å². The van der Waals surface area contributed by atoms with Crippen molar-refractivity contribution in [2.45, 2.75) is 20.4 Å². The van der Waals surface area contributed by atoms with Crippen LogP contribution in [0.4, 0.5) is 4.79 Å². The van der Waals surface area contributed by atoms with Gasteiger partial charge in [0, 0.05) is 11.6 Å². The molecule has 0 saturated carbocycles. The number of benzene rings is 1. The van der Waals surface area contributed by atoms with Crippen molar-refractivity contribution in [1.82, 2.24) is 10.2 Å². The number of nitrogens with zero attached hydrogens (tertiary/aromatic N) is 1. The average Bonchev–Trinajstić information content (AvgIpc) is 3.17. The lowest BCUT2D eigenvalue weighted by Gasteiger charge is -2.25. The Morgan fingerprint density at radius 3 is 2.57 bits per heavy atom. The lowest BCUT2D eigenvalue weighted by Crippen LogP contribution is -2.53. The first-order chi connectivity index (χ1) is 13.5. The smallest absolute Gasteiger partial charge is 0.331 e. The lowest BCUT2D eigenvalue weighted by atomic mass is 10.1. The van der Waals surface area contributed by atoms with E-state index < -0.39 is 17.8 Å². The van der Waals surface area contributed by atoms with Crippen LogP contribution >= 0.6 is 0 Å². The number of furan rings is 1. The molecule has 1 saturated heterocycles. The second-order valence-corrected chi connectivity index (χ2v) is 5.85. The van der Waals surface area contributed by atoms with E-state index in [-0.39, 0.29) is 12.1 Å². The molecule has 1 fully saturated rings. The number of amides is 4. The number of urea groups is 1. The molecule has 0 unspecified atom stereocenters. The summed E-state index contributed by atoms with van der Waals surface area (Å²) in [5, 5.41) is 2.18. The molecule has 1 aliphatic rings. The fourth-order valence-electron chi connectivity index (χ4n) is 2.72. The number of hydrogen-bond acceptors (Lipinski definition) is 6. The van der Waals surface area contributed by atoms with E-state index in [1.54, 1.807) is 30.3 Å². The summed E-state index contributed by atoms with van der Waals surface area (Å²) in [6, 6.07) is 7.60. The number of carbonyl (C=O) groups is 3. The number of ether oxygens (including phenoxy) is 2. The summed E-state index contributed by atoms with van der Waals surface area (Å²) in [5.41, 5.74) is 0.354. The number of barbiturate groups is 1. The quantitative estimate of drug-likeness (QED) is 0.582. The van der Waals surface area contributed by atoms with E-state index in [0.717, 1.165) is 4.90 Å². The first-order valence-corrected chi connectivity index (χ1v) is 8.84. The molecule has 0 aliphatic carbocycles. The largest absolute Gasteiger partial charge is 0.494 e. The summed E-state index contributed by atoms with van der Waals surface area (Å²) < 4.78 is 16.3. The van der Waals surface area contributed by atoms with E-state index in [1.807, 2.05) is 13.8 Å². The SMILES string of the molecule is CCOc1ccc(/C=C2\C(=O)NC(=O)N(Cc3ccco3)C2=O)c(OCC)c1. The predicted molar refractivity (Wildman–Crippen MR) is 99.6 cm³/mol. The van der Waals surface area contributed by atoms with E-state index in [2.05, 4.69) is 5.32 Å². The molecular weight excluding hydrogens is 364 g/mol. The van der Waals surface area contributed by atoms with Gasteiger partial charge in [-0.2, -0.15) is 0 Å². The fourth-order valence-corrected chi connectivity index (χ4v) is 2.72. The minimum absolute atomic E-state index is 0.0795. The number of carbonyl (C=O) groups excluding carboxylic acids is 3. The zero-order valence-corrected chi connectivity index (χ0v) is 15.6. The molecular formula is C20H20N2O6. The van der Waals surface area contributed by atoms with Crippen LogP contribution in [0.5, 0.6) is 11.5 Å². The van der Waals surface area contributed by atoms with Gasteiger partial charge in [0.05, 0.1) is 26.0 Å². The second-order valence-electron chi connectivity index (χ2n) is 5.85. The Balaban J connectivity index is 1.94. The Morgan fingerprint density at radius 1 is 1.11 bits per heavy atom. The monoisotopic (exact) mass is 384 g/mol. The van der Waals surface area contributed by atoms with Gasteiger partial charge < -0.3 is 13.9 Å². The minimum Gasteiger partial charge on any atom is -0.494 e. The summed E-state index contributed by atoms with van der Waals surface area (Å²) >= 11 is 0. The average molecular weight is 384 g/mol. The van der Waals surface area contributed by atoms with Gasteiger partial charge in [0.25, 0.3) is 11.8 Å². The molecule has 4 amide bonds. The minimum atomic E-state index is -0.791. The number of imide groups is 2. The third-order valence-corrected chi connectivity index (χ3v) is 3.98. The van der Waals surface area contributed by atoms with Gasteiger partial charge in [-0.3, -0.25) is 19.8 Å². The van der Waals surface area contributed by atoms with Crippen molar-refractivity contribution in [3.8, 4) is 11.5 Å². The van der Waals surface area contributed by atoms with Crippen molar-refractivity contribution in [1.29, 1.82) is 0 Å². The van der Waals surface area contributed by atoms with Crippen LogP contribution in [-0.4, -0.2) is 36.0 Å². The van der Waals surface area contributed by atoms with Crippen LogP contribution in [0.15, 0.2) is 46.6 Å². The first kappa shape index (κ1) is 19.2. The summed E-state index contributed by atoms with van der Waals surface area (Å²) in [5.74, 6) is 0.0370. The summed E-state index contributed by atoms with van der Waals surface area (Å²) in [6.07, 6.45) is 2.85. The van der Waals surface area contributed by atoms with Crippen LogP contribution in [0.1, 0.15) is 25.2 Å². The highest BCUT2D eigenvalue weighted by Gasteiger charge is 2.36. The van der Waals surface area contributed by atoms with Gasteiger partial charge in [0.15, 0.2) is 0 Å². The van der Waals surface area contributed by atoms with Gasteiger partial charge in [-0.15, -0.1) is 0 Å². The van der Waals surface area contributed by atoms with Gasteiger partial charge >= 0.3 is 6.03 Å². The number of hydrogen-bond donors (Lipinski definition) is 1. The topological polar surface area (TPSA) is 98.1 Å². The van der Waals surface area contributed by atoms with Crippen molar-refractivity contribution in [3.05, 3.63) is 53.5 Å². The van der Waals surface area contributed by atoms with Crippen molar-refractivity contribution < 1.29 is 28.3 Å². The molecule has 0 atom stereocenters. The molecule has 2 heterocycles. The van der Waals surface area contributed by atoms with Crippen molar-refractivity contribution in [2.24, 2.45) is 0 Å². The Kier molecular flexibility index (Phi) is 5.78. The van der Waals surface area contributed by atoms with Gasteiger partial charge in [-0.25, -0.2) is 4.79 Å². The van der Waals surface area contributed by atoms with E-state index >= 15 is 0 Å². The summed E-state index contributed by atoms with van der Waals surface area (Å²) in [7, 11) is 0. The van der Waals surface area contributed by atoms with E-state index in [1.165, 1.54) is 12.3 Å². The fraction of sp³-hybridized carbons (Fsp3) is 0.250. The maximum Gasteiger partial charge on any atom is 0.331 e. The molecule has 146 valence electrons. The molecule has 0 spiro atoms. The normalized spacial score (nSPS) is 15.7. The van der Waals surface area contributed by atoms with Crippen LogP contribution in [0.25, 0.3) is 6.08 Å². The van der Waals surface area contributed by atoms with Crippen molar-refractivity contribution >= 4 is 23.9 Å². The second kappa shape index (κ2) is 8.43. The van der Waals surface area contributed by atoms with E-state index in [0.29, 0.717) is 36.0 Å². The van der Waals surface area contributed by atoms with Crippen LogP contribution in [-0.2, 0) is 16.1 Å². The highest BCUT2D eigenvalue weighted by molar-refractivity contribution is 6.31. The van der Waals surface area contributed by atoms with Crippen LogP contribution < -0.4 is 14.8 Å². The predicted octanol–water partition coefficient (Wildman–Crippen LogP) is 2.74. The van der Waals surface area contributed by atoms with Gasteiger partial charge in [-0.05, 0) is 44.2 Å². The maximum absolute atomic E-state index is 12.8. The van der Waals surface area contributed by atoms with Crippen LogP contribution in [0.2, 0.25) is 0 Å². The van der Waals surface area contributed by atoms with Gasteiger partial charge in [0.2, 0.25) is 0 Å². The lowest BCUT2D eigenvalue weighted by molar-refractivity contribution is -0.130. The zero-order chi connectivity index (χ0) is 20.1. The highest BCUT2D eigenvalue weighted by Crippen LogP contribution is 2.28. The molecule has 1 aliphatic heterocycles. The molecule has 1 aromatic heterocycles. The Morgan fingerprint density at radius 2 is 1.89 bits per heavy atom. The number of nitrogens with one attached hydrogen (secondary N) is 1. The molecule has 1 aromatic carbocycles. The summed E-state index contributed by atoms with van der Waals surface area (Å²) in [6.45, 7) is 4.51. The number of rotatable bonds is 7.